The van der Waals surface area contributed by atoms with Crippen molar-refractivity contribution in [1.82, 2.24) is 5.32 Å². The van der Waals surface area contributed by atoms with Crippen molar-refractivity contribution in [3.05, 3.63) is 72.9 Å². The number of unbranched alkanes of at least 4 members (excludes halogenated alkanes) is 29. The van der Waals surface area contributed by atoms with Crippen molar-refractivity contribution >= 4 is 11.9 Å². The fourth-order valence-corrected chi connectivity index (χ4v) is 8.82. The topological polar surface area (TPSA) is 95.9 Å². The van der Waals surface area contributed by atoms with E-state index < -0.39 is 18.2 Å². The lowest BCUT2D eigenvalue weighted by Gasteiger charge is -2.24. The summed E-state index contributed by atoms with van der Waals surface area (Å²) in [5.41, 5.74) is 0. The third-order valence-corrected chi connectivity index (χ3v) is 13.3. The Balaban J connectivity index is 4.64. The summed E-state index contributed by atoms with van der Waals surface area (Å²) >= 11 is 0. The van der Waals surface area contributed by atoms with E-state index in [0.29, 0.717) is 25.7 Å². The average Bonchev–Trinajstić information content (AvgIpc) is 3.34. The van der Waals surface area contributed by atoms with Crippen LogP contribution in [-0.4, -0.2) is 46.9 Å². The molecule has 6 heteroatoms. The zero-order valence-electron chi connectivity index (χ0n) is 45.7. The minimum absolute atomic E-state index is 0.0432. The molecule has 0 saturated heterocycles. The second kappa shape index (κ2) is 56.2. The summed E-state index contributed by atoms with van der Waals surface area (Å²) in [5, 5.41) is 23.9. The quantitative estimate of drug-likeness (QED) is 0.0321. The van der Waals surface area contributed by atoms with Gasteiger partial charge in [0.25, 0.3) is 0 Å². The van der Waals surface area contributed by atoms with Crippen LogP contribution in [0.2, 0.25) is 0 Å². The lowest BCUT2D eigenvalue weighted by atomic mass is 10.0. The molecule has 0 aromatic rings. The molecule has 3 atom stereocenters. The first-order valence-corrected chi connectivity index (χ1v) is 29.7. The van der Waals surface area contributed by atoms with E-state index in [1.165, 1.54) is 148 Å². The van der Waals surface area contributed by atoms with Crippen LogP contribution in [0.5, 0.6) is 0 Å². The Morgan fingerprint density at radius 3 is 1.22 bits per heavy atom. The predicted molar refractivity (Wildman–Crippen MR) is 301 cm³/mol. The van der Waals surface area contributed by atoms with Gasteiger partial charge in [-0.3, -0.25) is 9.59 Å². The van der Waals surface area contributed by atoms with Crippen LogP contribution in [-0.2, 0) is 14.3 Å². The van der Waals surface area contributed by atoms with Crippen molar-refractivity contribution in [2.75, 3.05) is 6.61 Å². The number of rotatable bonds is 53. The molecular formula is C63H113NO5. The Labute approximate surface area is 428 Å². The molecule has 400 valence electrons. The summed E-state index contributed by atoms with van der Waals surface area (Å²) < 4.78 is 5.93. The van der Waals surface area contributed by atoms with E-state index in [1.807, 2.05) is 0 Å². The van der Waals surface area contributed by atoms with E-state index in [-0.39, 0.29) is 24.9 Å². The number of nitrogens with one attached hydrogen (secondary N) is 1. The molecule has 1 amide bonds. The fraction of sp³-hybridized carbons (Fsp3) is 0.778. The van der Waals surface area contributed by atoms with Crippen molar-refractivity contribution in [1.29, 1.82) is 0 Å². The molecule has 0 radical (unpaired) electrons. The molecule has 0 aromatic heterocycles. The molecule has 0 bridgehead atoms. The highest BCUT2D eigenvalue weighted by molar-refractivity contribution is 5.77. The van der Waals surface area contributed by atoms with Gasteiger partial charge in [0.05, 0.1) is 25.2 Å². The van der Waals surface area contributed by atoms with E-state index in [2.05, 4.69) is 99.0 Å². The number of carbonyl (C=O) groups is 2. The van der Waals surface area contributed by atoms with Gasteiger partial charge in [-0.2, -0.15) is 0 Å². The number of ether oxygens (including phenoxy) is 1. The monoisotopic (exact) mass is 964 g/mol. The van der Waals surface area contributed by atoms with Gasteiger partial charge < -0.3 is 20.3 Å². The molecule has 3 N–H and O–H groups in total. The third-order valence-electron chi connectivity index (χ3n) is 13.3. The predicted octanol–water partition coefficient (Wildman–Crippen LogP) is 18.5. The summed E-state index contributed by atoms with van der Waals surface area (Å²) in [6.07, 6.45) is 72.6. The van der Waals surface area contributed by atoms with Crippen molar-refractivity contribution in [3.63, 3.8) is 0 Å². The maximum Gasteiger partial charge on any atom is 0.306 e. The molecule has 0 saturated carbocycles. The smallest absolute Gasteiger partial charge is 0.306 e. The van der Waals surface area contributed by atoms with Gasteiger partial charge in [0.1, 0.15) is 6.10 Å². The van der Waals surface area contributed by atoms with Crippen LogP contribution in [0, 0.1) is 0 Å². The first kappa shape index (κ1) is 66.3. The number of hydrogen-bond donors (Lipinski definition) is 3. The number of amides is 1. The van der Waals surface area contributed by atoms with Gasteiger partial charge >= 0.3 is 5.97 Å². The zero-order valence-corrected chi connectivity index (χ0v) is 45.7. The largest absolute Gasteiger partial charge is 0.462 e. The number of carbonyl (C=O) groups excluding carboxylic acids is 2. The Bertz CT molecular complexity index is 1270. The molecule has 69 heavy (non-hydrogen) atoms. The maximum atomic E-state index is 13.3. The van der Waals surface area contributed by atoms with Gasteiger partial charge in [0.2, 0.25) is 5.91 Å². The molecule has 0 fully saturated rings. The summed E-state index contributed by atoms with van der Waals surface area (Å²) in [5.74, 6) is -0.552. The van der Waals surface area contributed by atoms with E-state index in [4.69, 9.17) is 4.74 Å². The minimum atomic E-state index is -0.805. The van der Waals surface area contributed by atoms with Crippen LogP contribution in [0.1, 0.15) is 290 Å². The van der Waals surface area contributed by atoms with Crippen LogP contribution in [0.4, 0.5) is 0 Å². The Morgan fingerprint density at radius 2 is 0.783 bits per heavy atom. The number of aliphatic hydroxyl groups excluding tert-OH is 2. The molecule has 0 aliphatic rings. The number of aliphatic hydroxyl groups is 2. The molecular weight excluding hydrogens is 851 g/mol. The molecule has 3 unspecified atom stereocenters. The molecule has 0 heterocycles. The summed E-state index contributed by atoms with van der Waals surface area (Å²) in [7, 11) is 0. The van der Waals surface area contributed by atoms with Crippen LogP contribution in [0.3, 0.4) is 0 Å². The SMILES string of the molecule is CC/C=C\C/C=C\C/C=C\C/C=C\C/C=C\CCCC(=O)OC(CCCCC/C=C/CCCCCCCCCCC)CC(=O)NC(CO)C(O)CCCCCCCCCCCCCCCCCCC. The molecule has 0 aliphatic carbocycles. The lowest BCUT2D eigenvalue weighted by Crippen LogP contribution is -2.46. The number of hydrogen-bond acceptors (Lipinski definition) is 5. The second-order valence-electron chi connectivity index (χ2n) is 20.0. The zero-order chi connectivity index (χ0) is 50.2. The van der Waals surface area contributed by atoms with E-state index in [9.17, 15) is 19.8 Å². The summed E-state index contributed by atoms with van der Waals surface area (Å²) in [6.45, 7) is 6.38. The van der Waals surface area contributed by atoms with Gasteiger partial charge in [-0.25, -0.2) is 0 Å². The third kappa shape index (κ3) is 51.5. The van der Waals surface area contributed by atoms with Gasteiger partial charge in [-0.05, 0) is 89.9 Å². The van der Waals surface area contributed by atoms with Crippen molar-refractivity contribution in [2.24, 2.45) is 0 Å². The van der Waals surface area contributed by atoms with E-state index >= 15 is 0 Å². The standard InChI is InChI=1S/C63H113NO5/c1-4-7-10-13-16-19-22-25-28-31-34-37-40-43-46-49-52-55-61(66)60(58-65)64-62(67)57-59(54-51-48-45-42-39-36-33-30-27-24-21-18-15-12-9-6-3)69-63(68)56-53-50-47-44-41-38-35-32-29-26-23-20-17-14-11-8-5-2/h8,11,17,20,26,29,35-36,38-39,44,47,59-61,65-66H,4-7,9-10,12-16,18-19,21-25,27-28,30-34,37,40-43,45-46,48-58H2,1-3H3,(H,64,67)/b11-8-,20-17-,29-26-,38-35-,39-36+,47-44-. The summed E-state index contributed by atoms with van der Waals surface area (Å²) in [6, 6.07) is -0.722. The highest BCUT2D eigenvalue weighted by Gasteiger charge is 2.24. The van der Waals surface area contributed by atoms with Crippen LogP contribution in [0.25, 0.3) is 0 Å². The normalized spacial score (nSPS) is 13.6. The van der Waals surface area contributed by atoms with Crippen LogP contribution in [0.15, 0.2) is 72.9 Å². The molecule has 0 aliphatic heterocycles. The Kier molecular flexibility index (Phi) is 54.0. The average molecular weight is 965 g/mol. The Morgan fingerprint density at radius 1 is 0.435 bits per heavy atom. The van der Waals surface area contributed by atoms with Crippen LogP contribution >= 0.6 is 0 Å². The fourth-order valence-electron chi connectivity index (χ4n) is 8.82. The summed E-state index contributed by atoms with van der Waals surface area (Å²) in [4.78, 5) is 26.3. The van der Waals surface area contributed by atoms with E-state index in [0.717, 1.165) is 89.9 Å². The first-order valence-electron chi connectivity index (χ1n) is 29.7. The molecule has 0 aromatic carbocycles. The van der Waals surface area contributed by atoms with Gasteiger partial charge in [0, 0.05) is 6.42 Å². The lowest BCUT2D eigenvalue weighted by molar-refractivity contribution is -0.151. The highest BCUT2D eigenvalue weighted by Crippen LogP contribution is 2.18. The highest BCUT2D eigenvalue weighted by atomic mass is 16.5. The second-order valence-corrected chi connectivity index (χ2v) is 20.0. The maximum absolute atomic E-state index is 13.3. The van der Waals surface area contributed by atoms with Gasteiger partial charge in [0.15, 0.2) is 0 Å². The van der Waals surface area contributed by atoms with Crippen LogP contribution < -0.4 is 5.32 Å². The first-order chi connectivity index (χ1) is 34.0. The van der Waals surface area contributed by atoms with Gasteiger partial charge in [-0.1, -0.05) is 261 Å². The number of allylic oxidation sites excluding steroid dienone is 12. The van der Waals surface area contributed by atoms with Crippen molar-refractivity contribution in [2.45, 2.75) is 309 Å². The molecule has 0 spiro atoms. The minimum Gasteiger partial charge on any atom is -0.462 e. The van der Waals surface area contributed by atoms with Crippen molar-refractivity contribution < 1.29 is 24.5 Å². The molecule has 6 nitrogen and oxygen atoms in total. The van der Waals surface area contributed by atoms with Gasteiger partial charge in [-0.15, -0.1) is 0 Å². The van der Waals surface area contributed by atoms with Crippen molar-refractivity contribution in [3.8, 4) is 0 Å². The van der Waals surface area contributed by atoms with E-state index in [1.54, 1.807) is 0 Å². The molecule has 0 rings (SSSR count). The number of esters is 1. The Hall–Kier alpha value is -2.70.